The van der Waals surface area contributed by atoms with Crippen LogP contribution in [0.5, 0.6) is 5.75 Å². The van der Waals surface area contributed by atoms with Crippen LogP contribution in [0.2, 0.25) is 0 Å². The summed E-state index contributed by atoms with van der Waals surface area (Å²) in [4.78, 5) is 44.6. The second kappa shape index (κ2) is 14.8. The minimum Gasteiger partial charge on any atom is -0.490 e. The van der Waals surface area contributed by atoms with Crippen molar-refractivity contribution in [3.05, 3.63) is 57.4 Å². The van der Waals surface area contributed by atoms with E-state index in [0.717, 1.165) is 27.7 Å². The van der Waals surface area contributed by atoms with Gasteiger partial charge in [0.25, 0.3) is 0 Å². The Morgan fingerprint density at radius 1 is 1.00 bits per heavy atom. The van der Waals surface area contributed by atoms with E-state index >= 15 is 0 Å². The molecule has 3 amide bonds. The van der Waals surface area contributed by atoms with Gasteiger partial charge in [0.05, 0.1) is 11.7 Å². The van der Waals surface area contributed by atoms with E-state index in [1.54, 1.807) is 6.20 Å². The predicted octanol–water partition coefficient (Wildman–Crippen LogP) is 2.75. The van der Waals surface area contributed by atoms with Crippen LogP contribution in [-0.2, 0) is 27.2 Å². The molecule has 0 bridgehead atoms. The van der Waals surface area contributed by atoms with E-state index in [4.69, 9.17) is 4.74 Å². The molecule has 0 radical (unpaired) electrons. The third-order valence-corrected chi connectivity index (χ3v) is 7.95. The lowest BCUT2D eigenvalue weighted by Gasteiger charge is -2.27. The normalized spacial score (nSPS) is 23.6. The van der Waals surface area contributed by atoms with E-state index in [0.29, 0.717) is 57.0 Å². The molecule has 1 saturated carbocycles. The number of hydrogen-bond acceptors (Lipinski definition) is 6. The quantitative estimate of drug-likeness (QED) is 0.366. The molecule has 1 fully saturated rings. The van der Waals surface area contributed by atoms with Gasteiger partial charge in [0.2, 0.25) is 17.7 Å². The minimum atomic E-state index is -0.768. The van der Waals surface area contributed by atoms with Crippen molar-refractivity contribution < 1.29 is 19.1 Å². The lowest BCUT2D eigenvalue weighted by Crippen LogP contribution is -2.58. The van der Waals surface area contributed by atoms with Crippen molar-refractivity contribution in [3.8, 4) is 5.75 Å². The number of hydrogen-bond donors (Lipinski definition) is 4. The molecule has 2 aromatic rings. The van der Waals surface area contributed by atoms with Crippen molar-refractivity contribution in [1.82, 2.24) is 26.3 Å². The molecule has 2 heterocycles. The maximum atomic E-state index is 13.6. The van der Waals surface area contributed by atoms with E-state index < -0.39 is 18.1 Å². The zero-order valence-corrected chi connectivity index (χ0v) is 25.4. The van der Waals surface area contributed by atoms with Gasteiger partial charge in [-0.1, -0.05) is 38.8 Å². The van der Waals surface area contributed by atoms with E-state index in [1.165, 1.54) is 0 Å². The number of aryl methyl sites for hydroxylation is 1. The highest BCUT2D eigenvalue weighted by molar-refractivity contribution is 14.1. The number of ether oxygens (including phenoxy) is 1. The smallest absolute Gasteiger partial charge is 0.243 e. The Labute approximate surface area is 250 Å². The maximum Gasteiger partial charge on any atom is 0.243 e. The van der Waals surface area contributed by atoms with Crippen molar-refractivity contribution >= 4 is 40.3 Å². The van der Waals surface area contributed by atoms with E-state index in [1.807, 2.05) is 50.2 Å². The lowest BCUT2D eigenvalue weighted by atomic mass is 10.00. The molecule has 0 saturated heterocycles. The molecule has 0 unspecified atom stereocenters. The van der Waals surface area contributed by atoms with E-state index in [2.05, 4.69) is 48.8 Å². The summed E-state index contributed by atoms with van der Waals surface area (Å²) in [6.45, 7) is 5.05. The van der Waals surface area contributed by atoms with Crippen molar-refractivity contribution in [2.45, 2.75) is 70.5 Å². The Morgan fingerprint density at radius 3 is 2.58 bits per heavy atom. The molecule has 2 aliphatic rings. The van der Waals surface area contributed by atoms with Crippen LogP contribution >= 0.6 is 22.6 Å². The van der Waals surface area contributed by atoms with E-state index in [9.17, 15) is 14.4 Å². The van der Waals surface area contributed by atoms with Gasteiger partial charge in [-0.05, 0) is 89.9 Å². The molecule has 1 aromatic carbocycles. The Bertz CT molecular complexity index is 1170. The molecule has 216 valence electrons. The highest BCUT2D eigenvalue weighted by Crippen LogP contribution is 2.33. The summed E-state index contributed by atoms with van der Waals surface area (Å²) in [5.41, 5.74) is 1.84. The van der Waals surface area contributed by atoms with Gasteiger partial charge in [-0.2, -0.15) is 0 Å². The van der Waals surface area contributed by atoms with Crippen LogP contribution in [-0.4, -0.2) is 60.5 Å². The Hall–Kier alpha value is -2.73. The summed E-state index contributed by atoms with van der Waals surface area (Å²) < 4.78 is 7.13. The summed E-state index contributed by atoms with van der Waals surface area (Å²) >= 11 is 2.26. The first-order valence-corrected chi connectivity index (χ1v) is 15.3. The van der Waals surface area contributed by atoms with Gasteiger partial charge in [0, 0.05) is 22.9 Å². The number of pyridine rings is 1. The number of rotatable bonds is 5. The molecule has 1 aliphatic heterocycles. The highest BCUT2D eigenvalue weighted by atomic mass is 127. The van der Waals surface area contributed by atoms with Gasteiger partial charge >= 0.3 is 0 Å². The average Bonchev–Trinajstić information content (AvgIpc) is 3.75. The first-order chi connectivity index (χ1) is 19.3. The van der Waals surface area contributed by atoms with Crippen LogP contribution in [0.3, 0.4) is 0 Å². The molecular formula is C30H40IN5O4. The summed E-state index contributed by atoms with van der Waals surface area (Å²) in [5, 5.41) is 12.3. The summed E-state index contributed by atoms with van der Waals surface area (Å²) in [5.74, 6) is 0.195. The van der Waals surface area contributed by atoms with Gasteiger partial charge in [0.15, 0.2) is 0 Å². The molecule has 9 nitrogen and oxygen atoms in total. The van der Waals surface area contributed by atoms with Crippen LogP contribution < -0.4 is 26.0 Å². The number of halogens is 1. The number of carbonyl (C=O) groups excluding carboxylic acids is 3. The molecule has 4 N–H and O–H groups in total. The largest absolute Gasteiger partial charge is 0.490 e. The third kappa shape index (κ3) is 9.15. The van der Waals surface area contributed by atoms with Crippen LogP contribution in [0.1, 0.15) is 50.8 Å². The van der Waals surface area contributed by atoms with Crippen LogP contribution in [0.25, 0.3) is 0 Å². The fourth-order valence-corrected chi connectivity index (χ4v) is 5.46. The zero-order chi connectivity index (χ0) is 28.5. The van der Waals surface area contributed by atoms with Crippen molar-refractivity contribution in [2.24, 2.45) is 11.8 Å². The Kier molecular flexibility index (Phi) is 11.2. The first-order valence-electron chi connectivity index (χ1n) is 14.2. The van der Waals surface area contributed by atoms with Crippen molar-refractivity contribution in [3.63, 3.8) is 0 Å². The topological polar surface area (TPSA) is 121 Å². The van der Waals surface area contributed by atoms with Gasteiger partial charge in [-0.15, -0.1) is 0 Å². The molecule has 40 heavy (non-hydrogen) atoms. The standard InChI is InChI=1S/C30H40IN5O4/c1-19(2)27-30(39)35-25(17-20-10-11-20)28(37)34-13-4-8-23-26(9-5-12-32-23)40-15-14-33-24(29(38)36-27)18-21-6-3-7-22(31)16-21/h3,5-7,9,12,16,19-20,24-25,27,33H,4,8,10-11,13-15,17-18H2,1-2H3,(H,34,37)(H,35,39)(H,36,38)/t24-,25+,27-/m1/s1. The number of fused-ring (bicyclic) bond motifs is 1. The fraction of sp³-hybridized carbons (Fsp3) is 0.533. The maximum absolute atomic E-state index is 13.6. The average molecular weight is 662 g/mol. The van der Waals surface area contributed by atoms with E-state index in [-0.39, 0.29) is 23.6 Å². The lowest BCUT2D eigenvalue weighted by molar-refractivity contribution is -0.133. The van der Waals surface area contributed by atoms with Gasteiger partial charge in [0.1, 0.15) is 24.4 Å². The number of benzene rings is 1. The number of amides is 3. The van der Waals surface area contributed by atoms with Gasteiger partial charge in [-0.25, -0.2) is 0 Å². The number of aromatic nitrogens is 1. The summed E-state index contributed by atoms with van der Waals surface area (Å²) in [6.07, 6.45) is 6.28. The molecular weight excluding hydrogens is 621 g/mol. The van der Waals surface area contributed by atoms with Crippen LogP contribution in [0.15, 0.2) is 42.6 Å². The second-order valence-electron chi connectivity index (χ2n) is 11.0. The minimum absolute atomic E-state index is 0.162. The highest BCUT2D eigenvalue weighted by Gasteiger charge is 2.34. The third-order valence-electron chi connectivity index (χ3n) is 7.28. The predicted molar refractivity (Wildman–Crippen MR) is 162 cm³/mol. The van der Waals surface area contributed by atoms with Gasteiger partial charge < -0.3 is 26.0 Å². The fourth-order valence-electron chi connectivity index (χ4n) is 4.85. The second-order valence-corrected chi connectivity index (χ2v) is 12.2. The molecule has 10 heteroatoms. The number of carbonyl (C=O) groups is 3. The van der Waals surface area contributed by atoms with Crippen molar-refractivity contribution in [2.75, 3.05) is 19.7 Å². The molecule has 1 aliphatic carbocycles. The zero-order valence-electron chi connectivity index (χ0n) is 23.3. The first kappa shape index (κ1) is 30.2. The van der Waals surface area contributed by atoms with Gasteiger partial charge in [-0.3, -0.25) is 19.4 Å². The SMILES string of the molecule is CC(C)[C@H]1NC(=O)[C@@H](Cc2cccc(I)c2)NCCOc2cccnc2CCCNC(=O)[C@H](CC2CC2)NC1=O. The van der Waals surface area contributed by atoms with Crippen LogP contribution in [0, 0.1) is 15.4 Å². The summed E-state index contributed by atoms with van der Waals surface area (Å²) in [7, 11) is 0. The monoisotopic (exact) mass is 661 g/mol. The molecule has 3 atom stereocenters. The molecule has 4 rings (SSSR count). The van der Waals surface area contributed by atoms with Crippen LogP contribution in [0.4, 0.5) is 0 Å². The molecule has 0 spiro atoms. The number of nitrogens with zero attached hydrogens (tertiary/aromatic N) is 1. The summed E-state index contributed by atoms with van der Waals surface area (Å²) in [6, 6.07) is 9.78. The molecule has 1 aromatic heterocycles. The Balaban J connectivity index is 1.56. The van der Waals surface area contributed by atoms with Crippen molar-refractivity contribution in [1.29, 1.82) is 0 Å². The number of nitrogens with one attached hydrogen (secondary N) is 4. The Morgan fingerprint density at radius 2 is 1.82 bits per heavy atom.